The Morgan fingerprint density at radius 3 is 2.33 bits per heavy atom. The normalized spacial score (nSPS) is 10.2. The molecule has 2 rings (SSSR count). The number of anilines is 1. The van der Waals surface area contributed by atoms with Crippen LogP contribution in [0.5, 0.6) is 11.5 Å². The van der Waals surface area contributed by atoms with E-state index in [1.54, 1.807) is 30.3 Å². The van der Waals surface area contributed by atoms with Crippen LogP contribution in [0.3, 0.4) is 0 Å². The van der Waals surface area contributed by atoms with Gasteiger partial charge in [0.05, 0.1) is 24.2 Å². The molecule has 0 heterocycles. The predicted octanol–water partition coefficient (Wildman–Crippen LogP) is 3.52. The number of carbonyl (C=O) groups is 1. The Hall–Kier alpha value is -3.20. The summed E-state index contributed by atoms with van der Waals surface area (Å²) >= 11 is 5.08. The molecule has 0 saturated carbocycles. The molecule has 0 bridgehead atoms. The number of rotatable bonds is 6. The van der Waals surface area contributed by atoms with Crippen LogP contribution >= 0.6 is 12.2 Å². The Balaban J connectivity index is 2.05. The van der Waals surface area contributed by atoms with Gasteiger partial charge in [0.15, 0.2) is 5.11 Å². The highest BCUT2D eigenvalue weighted by atomic mass is 32.1. The summed E-state index contributed by atoms with van der Waals surface area (Å²) in [4.78, 5) is 22.9. The summed E-state index contributed by atoms with van der Waals surface area (Å²) in [6, 6.07) is 10.8. The average molecular weight is 389 g/mol. The van der Waals surface area contributed by atoms with Crippen LogP contribution in [0.2, 0.25) is 0 Å². The second-order valence-corrected chi connectivity index (χ2v) is 6.15. The zero-order valence-electron chi connectivity index (χ0n) is 15.0. The number of hydrogen-bond donors (Lipinski definition) is 2. The third-order valence-electron chi connectivity index (χ3n) is 3.37. The lowest BCUT2D eigenvalue weighted by Gasteiger charge is -2.12. The monoisotopic (exact) mass is 389 g/mol. The van der Waals surface area contributed by atoms with Gasteiger partial charge in [-0.1, -0.05) is 0 Å². The van der Waals surface area contributed by atoms with Crippen LogP contribution < -0.4 is 20.1 Å². The van der Waals surface area contributed by atoms with Crippen LogP contribution in [0, 0.1) is 10.1 Å². The highest BCUT2D eigenvalue weighted by molar-refractivity contribution is 7.80. The van der Waals surface area contributed by atoms with E-state index in [1.165, 1.54) is 19.2 Å². The second kappa shape index (κ2) is 8.95. The maximum absolute atomic E-state index is 12.3. The maximum atomic E-state index is 12.3. The lowest BCUT2D eigenvalue weighted by Crippen LogP contribution is -2.34. The molecule has 0 radical (unpaired) electrons. The molecule has 0 unspecified atom stereocenters. The van der Waals surface area contributed by atoms with Gasteiger partial charge in [0.1, 0.15) is 17.2 Å². The Morgan fingerprint density at radius 2 is 1.78 bits per heavy atom. The van der Waals surface area contributed by atoms with Crippen molar-refractivity contribution < 1.29 is 19.2 Å². The fourth-order valence-electron chi connectivity index (χ4n) is 2.18. The Morgan fingerprint density at radius 1 is 1.15 bits per heavy atom. The summed E-state index contributed by atoms with van der Waals surface area (Å²) in [5, 5.41) is 16.3. The number of ether oxygens (including phenoxy) is 2. The number of nitro benzene ring substituents is 1. The standard InChI is InChI=1S/C18H19N3O5S/c1-11(2)26-13-6-4-12(5-7-13)17(22)20-18(27)19-15-9-8-14(25-3)10-16(15)21(23)24/h4-11H,1-3H3,(H2,19,20,22,27). The second-order valence-electron chi connectivity index (χ2n) is 5.74. The first-order valence-corrected chi connectivity index (χ1v) is 8.42. The fourth-order valence-corrected chi connectivity index (χ4v) is 2.38. The van der Waals surface area contributed by atoms with Crippen molar-refractivity contribution in [2.75, 3.05) is 12.4 Å². The van der Waals surface area contributed by atoms with E-state index in [2.05, 4.69) is 10.6 Å². The first-order valence-electron chi connectivity index (χ1n) is 8.01. The van der Waals surface area contributed by atoms with E-state index in [4.69, 9.17) is 21.7 Å². The van der Waals surface area contributed by atoms with Gasteiger partial charge in [0.2, 0.25) is 0 Å². The van der Waals surface area contributed by atoms with E-state index < -0.39 is 10.8 Å². The van der Waals surface area contributed by atoms with Crippen LogP contribution in [0.4, 0.5) is 11.4 Å². The lowest BCUT2D eigenvalue weighted by molar-refractivity contribution is -0.384. The molecule has 2 N–H and O–H groups in total. The van der Waals surface area contributed by atoms with Gasteiger partial charge in [-0.2, -0.15) is 0 Å². The van der Waals surface area contributed by atoms with Crippen LogP contribution in [-0.4, -0.2) is 29.2 Å². The smallest absolute Gasteiger partial charge is 0.296 e. The summed E-state index contributed by atoms with van der Waals surface area (Å²) in [6.07, 6.45) is 0.0294. The highest BCUT2D eigenvalue weighted by Crippen LogP contribution is 2.28. The number of benzene rings is 2. The molecule has 2 aromatic carbocycles. The minimum Gasteiger partial charge on any atom is -0.496 e. The van der Waals surface area contributed by atoms with Gasteiger partial charge in [0, 0.05) is 5.56 Å². The van der Waals surface area contributed by atoms with E-state index in [0.29, 0.717) is 17.1 Å². The first kappa shape index (κ1) is 20.1. The van der Waals surface area contributed by atoms with Crippen LogP contribution in [-0.2, 0) is 0 Å². The minimum atomic E-state index is -0.567. The zero-order valence-corrected chi connectivity index (χ0v) is 15.8. The van der Waals surface area contributed by atoms with E-state index in [1.807, 2.05) is 13.8 Å². The molecule has 2 aromatic rings. The Bertz CT molecular complexity index is 853. The molecule has 0 spiro atoms. The van der Waals surface area contributed by atoms with Gasteiger partial charge in [0.25, 0.3) is 11.6 Å². The van der Waals surface area contributed by atoms with Crippen molar-refractivity contribution in [1.29, 1.82) is 0 Å². The number of nitro groups is 1. The van der Waals surface area contributed by atoms with E-state index in [0.717, 1.165) is 0 Å². The number of nitrogens with zero attached hydrogens (tertiary/aromatic N) is 1. The highest BCUT2D eigenvalue weighted by Gasteiger charge is 2.17. The third kappa shape index (κ3) is 5.65. The molecule has 0 aliphatic carbocycles. The van der Waals surface area contributed by atoms with Crippen LogP contribution in [0.25, 0.3) is 0 Å². The summed E-state index contributed by atoms with van der Waals surface area (Å²) in [5.41, 5.74) is 0.299. The number of thiocarbonyl (C=S) groups is 1. The number of methoxy groups -OCH3 is 1. The molecule has 142 valence electrons. The minimum absolute atomic E-state index is 0.0294. The molecule has 0 aliphatic rings. The number of carbonyl (C=O) groups excluding carboxylic acids is 1. The molecule has 8 nitrogen and oxygen atoms in total. The molecule has 0 aliphatic heterocycles. The SMILES string of the molecule is COc1ccc(NC(=S)NC(=O)c2ccc(OC(C)C)cc2)c([N+](=O)[O-])c1. The summed E-state index contributed by atoms with van der Waals surface area (Å²) in [5.74, 6) is 0.543. The van der Waals surface area contributed by atoms with Crippen molar-refractivity contribution >= 4 is 34.6 Å². The van der Waals surface area contributed by atoms with E-state index >= 15 is 0 Å². The van der Waals surface area contributed by atoms with Crippen molar-refractivity contribution in [1.82, 2.24) is 5.32 Å². The summed E-state index contributed by atoms with van der Waals surface area (Å²) in [6.45, 7) is 3.81. The Labute approximate surface area is 161 Å². The Kier molecular flexibility index (Phi) is 6.67. The fraction of sp³-hybridized carbons (Fsp3) is 0.222. The van der Waals surface area contributed by atoms with Gasteiger partial charge in [-0.25, -0.2) is 0 Å². The lowest BCUT2D eigenvalue weighted by atomic mass is 10.2. The van der Waals surface area contributed by atoms with E-state index in [-0.39, 0.29) is 22.6 Å². The van der Waals surface area contributed by atoms with Gasteiger partial charge < -0.3 is 14.8 Å². The number of hydrogen-bond acceptors (Lipinski definition) is 6. The molecule has 1 amide bonds. The molecule has 0 fully saturated rings. The van der Waals surface area contributed by atoms with Crippen molar-refractivity contribution in [3.8, 4) is 11.5 Å². The molecular formula is C18H19N3O5S. The van der Waals surface area contributed by atoms with Crippen LogP contribution in [0.15, 0.2) is 42.5 Å². The van der Waals surface area contributed by atoms with Crippen LogP contribution in [0.1, 0.15) is 24.2 Å². The van der Waals surface area contributed by atoms with Gasteiger partial charge >= 0.3 is 0 Å². The molecule has 9 heteroatoms. The summed E-state index contributed by atoms with van der Waals surface area (Å²) < 4.78 is 10.5. The quantitative estimate of drug-likeness (QED) is 0.443. The predicted molar refractivity (Wildman–Crippen MR) is 106 cm³/mol. The molecular weight excluding hydrogens is 370 g/mol. The number of nitrogens with one attached hydrogen (secondary N) is 2. The number of amides is 1. The van der Waals surface area contributed by atoms with E-state index in [9.17, 15) is 14.9 Å². The van der Waals surface area contributed by atoms with Crippen molar-refractivity contribution in [2.24, 2.45) is 0 Å². The molecule has 0 saturated heterocycles. The maximum Gasteiger partial charge on any atom is 0.296 e. The van der Waals surface area contributed by atoms with Crippen molar-refractivity contribution in [3.05, 3.63) is 58.1 Å². The van der Waals surface area contributed by atoms with Crippen molar-refractivity contribution in [3.63, 3.8) is 0 Å². The van der Waals surface area contributed by atoms with Gasteiger partial charge in [-0.05, 0) is 62.5 Å². The average Bonchev–Trinajstić information content (AvgIpc) is 2.61. The summed E-state index contributed by atoms with van der Waals surface area (Å²) in [7, 11) is 1.41. The molecule has 0 atom stereocenters. The van der Waals surface area contributed by atoms with Gasteiger partial charge in [-0.3, -0.25) is 20.2 Å². The molecule has 27 heavy (non-hydrogen) atoms. The van der Waals surface area contributed by atoms with Gasteiger partial charge in [-0.15, -0.1) is 0 Å². The third-order valence-corrected chi connectivity index (χ3v) is 3.57. The largest absolute Gasteiger partial charge is 0.496 e. The van der Waals surface area contributed by atoms with Crippen molar-refractivity contribution in [2.45, 2.75) is 20.0 Å². The molecule has 0 aromatic heterocycles. The first-order chi connectivity index (χ1) is 12.8. The topological polar surface area (TPSA) is 103 Å². The zero-order chi connectivity index (χ0) is 20.0.